The van der Waals surface area contributed by atoms with E-state index in [1.165, 1.54) is 16.5 Å². The van der Waals surface area contributed by atoms with E-state index in [9.17, 15) is 9.59 Å². The van der Waals surface area contributed by atoms with Crippen LogP contribution in [0.5, 0.6) is 5.75 Å². The number of ether oxygens (including phenoxy) is 2. The van der Waals surface area contributed by atoms with Gasteiger partial charge in [0.2, 0.25) is 0 Å². The SMILES string of the molecule is COc1ccccc1/C=C/C(=O)OCc1cc(=O)n2cccc(C)c2n1. The number of methoxy groups -OCH3 is 1. The zero-order valence-corrected chi connectivity index (χ0v) is 14.5. The molecule has 3 aromatic rings. The molecule has 26 heavy (non-hydrogen) atoms. The predicted molar refractivity (Wildman–Crippen MR) is 98.0 cm³/mol. The van der Waals surface area contributed by atoms with Crippen LogP contribution in [-0.4, -0.2) is 22.5 Å². The quantitative estimate of drug-likeness (QED) is 0.523. The molecule has 0 spiro atoms. The number of aromatic nitrogens is 2. The van der Waals surface area contributed by atoms with Gasteiger partial charge >= 0.3 is 5.97 Å². The van der Waals surface area contributed by atoms with Gasteiger partial charge in [0, 0.05) is 23.9 Å². The number of benzene rings is 1. The predicted octanol–water partition coefficient (Wildman–Crippen LogP) is 2.77. The van der Waals surface area contributed by atoms with Gasteiger partial charge in [-0.2, -0.15) is 0 Å². The average molecular weight is 350 g/mol. The molecule has 0 aliphatic rings. The lowest BCUT2D eigenvalue weighted by molar-refractivity contribution is -0.139. The lowest BCUT2D eigenvalue weighted by Crippen LogP contribution is -2.17. The van der Waals surface area contributed by atoms with Gasteiger partial charge in [-0.3, -0.25) is 9.20 Å². The van der Waals surface area contributed by atoms with Gasteiger partial charge in [-0.25, -0.2) is 9.78 Å². The monoisotopic (exact) mass is 350 g/mol. The first-order valence-corrected chi connectivity index (χ1v) is 8.04. The molecule has 0 aliphatic carbocycles. The molecular formula is C20H18N2O4. The molecule has 6 nitrogen and oxygen atoms in total. The zero-order valence-electron chi connectivity index (χ0n) is 14.5. The van der Waals surface area contributed by atoms with Crippen molar-refractivity contribution in [1.82, 2.24) is 9.38 Å². The third kappa shape index (κ3) is 3.80. The van der Waals surface area contributed by atoms with Crippen LogP contribution in [0.4, 0.5) is 0 Å². The number of fused-ring (bicyclic) bond motifs is 1. The van der Waals surface area contributed by atoms with E-state index in [2.05, 4.69) is 4.98 Å². The van der Waals surface area contributed by atoms with Crippen LogP contribution < -0.4 is 10.3 Å². The van der Waals surface area contributed by atoms with Crippen molar-refractivity contribution in [3.63, 3.8) is 0 Å². The Morgan fingerprint density at radius 3 is 2.85 bits per heavy atom. The minimum atomic E-state index is -0.525. The second-order valence-electron chi connectivity index (χ2n) is 5.65. The van der Waals surface area contributed by atoms with Gasteiger partial charge in [0.1, 0.15) is 18.0 Å². The van der Waals surface area contributed by atoms with Crippen molar-refractivity contribution in [1.29, 1.82) is 0 Å². The lowest BCUT2D eigenvalue weighted by Gasteiger charge is -2.06. The van der Waals surface area contributed by atoms with Crippen LogP contribution in [0, 0.1) is 6.92 Å². The molecule has 0 fully saturated rings. The standard InChI is InChI=1S/C20H18N2O4/c1-14-6-5-11-22-18(23)12-16(21-20(14)22)13-26-19(24)10-9-15-7-3-4-8-17(15)25-2/h3-12H,13H2,1-2H3/b10-9+. The Labute approximate surface area is 150 Å². The Morgan fingerprint density at radius 1 is 1.23 bits per heavy atom. The van der Waals surface area contributed by atoms with Crippen LogP contribution in [-0.2, 0) is 16.1 Å². The summed E-state index contributed by atoms with van der Waals surface area (Å²) in [7, 11) is 1.57. The lowest BCUT2D eigenvalue weighted by atomic mass is 10.2. The maximum atomic E-state index is 12.1. The number of hydrogen-bond donors (Lipinski definition) is 0. The van der Waals surface area contributed by atoms with E-state index >= 15 is 0 Å². The van der Waals surface area contributed by atoms with Gasteiger partial charge in [0.05, 0.1) is 12.8 Å². The van der Waals surface area contributed by atoms with E-state index in [0.29, 0.717) is 17.1 Å². The van der Waals surface area contributed by atoms with E-state index < -0.39 is 5.97 Å². The second-order valence-corrected chi connectivity index (χ2v) is 5.65. The largest absolute Gasteiger partial charge is 0.496 e. The maximum Gasteiger partial charge on any atom is 0.331 e. The highest BCUT2D eigenvalue weighted by molar-refractivity contribution is 5.87. The molecular weight excluding hydrogens is 332 g/mol. The Balaban J connectivity index is 1.72. The number of rotatable bonds is 5. The summed E-state index contributed by atoms with van der Waals surface area (Å²) < 4.78 is 11.9. The molecule has 3 rings (SSSR count). The van der Waals surface area contributed by atoms with Crippen molar-refractivity contribution in [2.75, 3.05) is 7.11 Å². The minimum Gasteiger partial charge on any atom is -0.496 e. The van der Waals surface area contributed by atoms with E-state index in [1.54, 1.807) is 31.5 Å². The van der Waals surface area contributed by atoms with Crippen molar-refractivity contribution < 1.29 is 14.3 Å². The summed E-state index contributed by atoms with van der Waals surface area (Å²) in [6.07, 6.45) is 4.59. The van der Waals surface area contributed by atoms with Gasteiger partial charge < -0.3 is 9.47 Å². The van der Waals surface area contributed by atoms with Crippen molar-refractivity contribution in [2.24, 2.45) is 0 Å². The third-order valence-corrected chi connectivity index (χ3v) is 3.84. The molecule has 6 heteroatoms. The zero-order chi connectivity index (χ0) is 18.5. The van der Waals surface area contributed by atoms with Gasteiger partial charge in [0.25, 0.3) is 5.56 Å². The highest BCUT2D eigenvalue weighted by atomic mass is 16.5. The van der Waals surface area contributed by atoms with Gasteiger partial charge in [-0.05, 0) is 30.7 Å². The number of pyridine rings is 1. The van der Waals surface area contributed by atoms with Crippen LogP contribution in [0.25, 0.3) is 11.7 Å². The molecule has 0 unspecified atom stereocenters. The third-order valence-electron chi connectivity index (χ3n) is 3.84. The summed E-state index contributed by atoms with van der Waals surface area (Å²) in [4.78, 5) is 28.5. The Morgan fingerprint density at radius 2 is 2.04 bits per heavy atom. The topological polar surface area (TPSA) is 69.9 Å². The summed E-state index contributed by atoms with van der Waals surface area (Å²) in [6.45, 7) is 1.79. The molecule has 0 radical (unpaired) electrons. The average Bonchev–Trinajstić information content (AvgIpc) is 2.65. The summed E-state index contributed by atoms with van der Waals surface area (Å²) in [5.41, 5.74) is 2.38. The molecule has 2 aromatic heterocycles. The molecule has 2 heterocycles. The summed E-state index contributed by atoms with van der Waals surface area (Å²) >= 11 is 0. The van der Waals surface area contributed by atoms with Gasteiger partial charge in [-0.1, -0.05) is 24.3 Å². The second kappa shape index (κ2) is 7.65. The number of nitrogens with zero attached hydrogens (tertiary/aromatic N) is 2. The first-order valence-electron chi connectivity index (χ1n) is 8.04. The Bertz CT molecular complexity index is 1040. The molecule has 0 amide bonds. The molecule has 0 aliphatic heterocycles. The Hall–Kier alpha value is -3.41. The van der Waals surface area contributed by atoms with E-state index in [1.807, 2.05) is 31.2 Å². The molecule has 0 saturated heterocycles. The normalized spacial score (nSPS) is 11.0. The van der Waals surface area contributed by atoms with E-state index in [4.69, 9.17) is 9.47 Å². The molecule has 0 bridgehead atoms. The molecule has 1 aromatic carbocycles. The van der Waals surface area contributed by atoms with Crippen molar-refractivity contribution in [3.8, 4) is 5.75 Å². The van der Waals surface area contributed by atoms with Crippen LogP contribution in [0.1, 0.15) is 16.8 Å². The van der Waals surface area contributed by atoms with Crippen molar-refractivity contribution >= 4 is 17.7 Å². The van der Waals surface area contributed by atoms with Gasteiger partial charge in [-0.15, -0.1) is 0 Å². The molecule has 132 valence electrons. The fourth-order valence-electron chi connectivity index (χ4n) is 2.54. The minimum absolute atomic E-state index is 0.0742. The molecule has 0 N–H and O–H groups in total. The van der Waals surface area contributed by atoms with Crippen LogP contribution >= 0.6 is 0 Å². The van der Waals surface area contributed by atoms with Crippen molar-refractivity contribution in [2.45, 2.75) is 13.5 Å². The number of esters is 1. The van der Waals surface area contributed by atoms with E-state index in [0.717, 1.165) is 11.1 Å². The molecule has 0 atom stereocenters. The van der Waals surface area contributed by atoms with Crippen molar-refractivity contribution in [3.05, 3.63) is 81.9 Å². The number of carbonyl (C=O) groups excluding carboxylic acids is 1. The number of carbonyl (C=O) groups is 1. The fourth-order valence-corrected chi connectivity index (χ4v) is 2.54. The van der Waals surface area contributed by atoms with E-state index in [-0.39, 0.29) is 12.2 Å². The summed E-state index contributed by atoms with van der Waals surface area (Å²) in [6, 6.07) is 12.4. The first kappa shape index (κ1) is 17.4. The fraction of sp³-hybridized carbons (Fsp3) is 0.150. The smallest absolute Gasteiger partial charge is 0.331 e. The first-order chi connectivity index (χ1) is 12.6. The molecule has 0 saturated carbocycles. The number of para-hydroxylation sites is 1. The van der Waals surface area contributed by atoms with Crippen LogP contribution in [0.2, 0.25) is 0 Å². The van der Waals surface area contributed by atoms with Crippen LogP contribution in [0.3, 0.4) is 0 Å². The summed E-state index contributed by atoms with van der Waals surface area (Å²) in [5.74, 6) is 0.138. The highest BCUT2D eigenvalue weighted by Crippen LogP contribution is 2.18. The number of aryl methyl sites for hydroxylation is 1. The van der Waals surface area contributed by atoms with Gasteiger partial charge in [0.15, 0.2) is 0 Å². The maximum absolute atomic E-state index is 12.1. The summed E-state index contributed by atoms with van der Waals surface area (Å²) in [5, 5.41) is 0. The van der Waals surface area contributed by atoms with Crippen LogP contribution in [0.15, 0.2) is 59.5 Å². The Kier molecular flexibility index (Phi) is 5.12. The number of hydrogen-bond acceptors (Lipinski definition) is 5. The highest BCUT2D eigenvalue weighted by Gasteiger charge is 2.07.